The van der Waals surface area contributed by atoms with Gasteiger partial charge in [0.25, 0.3) is 0 Å². The fraction of sp³-hybridized carbons (Fsp3) is 0.500. The fourth-order valence-corrected chi connectivity index (χ4v) is 0.334. The molecule has 0 aliphatic carbocycles. The molecule has 0 saturated carbocycles. The molecule has 1 aliphatic heterocycles. The standard InChI is InChI=1S/C4H6NO/c1-4-2-6-3-5-4/h2H,3H2,1H3. The molecule has 2 heteroatoms. The first-order valence-electron chi connectivity index (χ1n) is 1.85. The maximum absolute atomic E-state index is 4.73. The van der Waals surface area contributed by atoms with Gasteiger partial charge in [0.2, 0.25) is 0 Å². The number of hydrogen-bond acceptors (Lipinski definition) is 2. The Morgan fingerprint density at radius 2 is 2.83 bits per heavy atom. The first-order valence-corrected chi connectivity index (χ1v) is 1.85. The van der Waals surface area contributed by atoms with Crippen LogP contribution in [0, 0.1) is 6.61 Å². The summed E-state index contributed by atoms with van der Waals surface area (Å²) in [5, 5.41) is 0. The summed E-state index contributed by atoms with van der Waals surface area (Å²) in [6.45, 7) is 4.08. The highest BCUT2D eigenvalue weighted by atomic mass is 16.5. The molecule has 1 aliphatic rings. The van der Waals surface area contributed by atoms with E-state index >= 15 is 0 Å². The molecular weight excluding hydrogens is 78.0 g/mol. The van der Waals surface area contributed by atoms with Crippen LogP contribution in [0.15, 0.2) is 4.99 Å². The van der Waals surface area contributed by atoms with Gasteiger partial charge in [-0.05, 0) is 6.92 Å². The molecular formula is C4H6NO. The van der Waals surface area contributed by atoms with Crippen molar-refractivity contribution in [1.82, 2.24) is 0 Å². The molecule has 1 radical (unpaired) electrons. The average Bonchev–Trinajstić information content (AvgIpc) is 1.86. The Hall–Kier alpha value is -0.370. The van der Waals surface area contributed by atoms with Gasteiger partial charge in [-0.25, -0.2) is 0 Å². The molecule has 0 saturated heterocycles. The third kappa shape index (κ3) is 0.571. The van der Waals surface area contributed by atoms with Gasteiger partial charge < -0.3 is 4.74 Å². The van der Waals surface area contributed by atoms with Crippen LogP contribution in [0.1, 0.15) is 6.92 Å². The second-order valence-corrected chi connectivity index (χ2v) is 1.21. The topological polar surface area (TPSA) is 21.6 Å². The highest BCUT2D eigenvalue weighted by Gasteiger charge is 1.97. The van der Waals surface area contributed by atoms with E-state index in [1.807, 2.05) is 6.92 Å². The summed E-state index contributed by atoms with van der Waals surface area (Å²) in [5.41, 5.74) is 0.981. The second-order valence-electron chi connectivity index (χ2n) is 1.21. The SMILES string of the molecule is CC1=NCO[CH]1. The maximum Gasteiger partial charge on any atom is 0.138 e. The van der Waals surface area contributed by atoms with E-state index in [1.165, 1.54) is 0 Å². The van der Waals surface area contributed by atoms with Gasteiger partial charge in [-0.1, -0.05) is 0 Å². The summed E-state index contributed by atoms with van der Waals surface area (Å²) in [6, 6.07) is 0. The Morgan fingerprint density at radius 1 is 2.00 bits per heavy atom. The van der Waals surface area contributed by atoms with E-state index in [1.54, 1.807) is 6.61 Å². The van der Waals surface area contributed by atoms with Gasteiger partial charge in [-0.2, -0.15) is 0 Å². The van der Waals surface area contributed by atoms with Gasteiger partial charge in [0.1, 0.15) is 13.3 Å². The van der Waals surface area contributed by atoms with Crippen molar-refractivity contribution in [3.05, 3.63) is 6.61 Å². The van der Waals surface area contributed by atoms with Crippen LogP contribution in [-0.2, 0) is 4.74 Å². The van der Waals surface area contributed by atoms with E-state index in [0.29, 0.717) is 6.73 Å². The lowest BCUT2D eigenvalue weighted by Crippen LogP contribution is -1.81. The van der Waals surface area contributed by atoms with E-state index in [4.69, 9.17) is 4.74 Å². The molecule has 0 atom stereocenters. The largest absolute Gasteiger partial charge is 0.347 e. The molecule has 0 aromatic carbocycles. The third-order valence-electron chi connectivity index (χ3n) is 0.642. The van der Waals surface area contributed by atoms with E-state index < -0.39 is 0 Å². The minimum Gasteiger partial charge on any atom is -0.347 e. The molecule has 0 amide bonds. The molecule has 0 unspecified atom stereocenters. The normalized spacial score (nSPS) is 21.2. The highest BCUT2D eigenvalue weighted by molar-refractivity contribution is 5.89. The molecule has 1 rings (SSSR count). The van der Waals surface area contributed by atoms with Crippen molar-refractivity contribution in [2.45, 2.75) is 6.92 Å². The van der Waals surface area contributed by atoms with Crippen LogP contribution in [0.4, 0.5) is 0 Å². The van der Waals surface area contributed by atoms with Crippen LogP contribution in [0.5, 0.6) is 0 Å². The van der Waals surface area contributed by atoms with Crippen molar-refractivity contribution in [3.8, 4) is 0 Å². The van der Waals surface area contributed by atoms with Gasteiger partial charge in [-0.15, -0.1) is 0 Å². The summed E-state index contributed by atoms with van der Waals surface area (Å²) in [6.07, 6.45) is 0. The monoisotopic (exact) mass is 84.0 g/mol. The molecule has 2 nitrogen and oxygen atoms in total. The number of nitrogens with zero attached hydrogens (tertiary/aromatic N) is 1. The van der Waals surface area contributed by atoms with Gasteiger partial charge in [-0.3, -0.25) is 4.99 Å². The van der Waals surface area contributed by atoms with Gasteiger partial charge in [0.05, 0.1) is 0 Å². The van der Waals surface area contributed by atoms with E-state index in [0.717, 1.165) is 5.71 Å². The molecule has 0 N–H and O–H groups in total. The minimum atomic E-state index is 0.520. The van der Waals surface area contributed by atoms with Crippen molar-refractivity contribution in [3.63, 3.8) is 0 Å². The van der Waals surface area contributed by atoms with Gasteiger partial charge in [0, 0.05) is 5.71 Å². The minimum absolute atomic E-state index is 0.520. The summed E-state index contributed by atoms with van der Waals surface area (Å²) in [5.74, 6) is 0. The van der Waals surface area contributed by atoms with E-state index in [-0.39, 0.29) is 0 Å². The Labute approximate surface area is 36.8 Å². The molecule has 33 valence electrons. The lowest BCUT2D eigenvalue weighted by molar-refractivity contribution is 0.253. The summed E-state index contributed by atoms with van der Waals surface area (Å²) >= 11 is 0. The third-order valence-corrected chi connectivity index (χ3v) is 0.642. The first-order chi connectivity index (χ1) is 2.89. The van der Waals surface area contributed by atoms with Crippen LogP contribution in [0.25, 0.3) is 0 Å². The predicted molar refractivity (Wildman–Crippen MR) is 23.4 cm³/mol. The summed E-state index contributed by atoms with van der Waals surface area (Å²) < 4.78 is 4.73. The van der Waals surface area contributed by atoms with Crippen molar-refractivity contribution in [1.29, 1.82) is 0 Å². The lowest BCUT2D eigenvalue weighted by Gasteiger charge is -1.78. The van der Waals surface area contributed by atoms with Gasteiger partial charge >= 0.3 is 0 Å². The Kier molecular flexibility index (Phi) is 0.881. The smallest absolute Gasteiger partial charge is 0.138 e. The summed E-state index contributed by atoms with van der Waals surface area (Å²) in [4.78, 5) is 3.88. The number of ether oxygens (including phenoxy) is 1. The van der Waals surface area contributed by atoms with Crippen LogP contribution in [0.3, 0.4) is 0 Å². The molecule has 0 bridgehead atoms. The highest BCUT2D eigenvalue weighted by Crippen LogP contribution is 1.95. The van der Waals surface area contributed by atoms with E-state index in [9.17, 15) is 0 Å². The number of hydrogen-bond donors (Lipinski definition) is 0. The lowest BCUT2D eigenvalue weighted by atomic mass is 10.5. The van der Waals surface area contributed by atoms with Crippen LogP contribution in [-0.4, -0.2) is 12.4 Å². The van der Waals surface area contributed by atoms with Crippen molar-refractivity contribution in [2.24, 2.45) is 4.99 Å². The molecule has 0 aromatic heterocycles. The summed E-state index contributed by atoms with van der Waals surface area (Å²) in [7, 11) is 0. The maximum atomic E-state index is 4.73. The van der Waals surface area contributed by atoms with Crippen LogP contribution in [0.2, 0.25) is 0 Å². The zero-order chi connectivity index (χ0) is 4.41. The molecule has 0 aromatic rings. The van der Waals surface area contributed by atoms with Crippen molar-refractivity contribution >= 4 is 5.71 Å². The molecule has 0 spiro atoms. The molecule has 6 heavy (non-hydrogen) atoms. The Balaban J connectivity index is 2.45. The van der Waals surface area contributed by atoms with E-state index in [2.05, 4.69) is 4.99 Å². The van der Waals surface area contributed by atoms with Crippen LogP contribution >= 0.6 is 0 Å². The van der Waals surface area contributed by atoms with Crippen molar-refractivity contribution < 1.29 is 4.74 Å². The number of aliphatic imine (C=N–C) groups is 1. The van der Waals surface area contributed by atoms with Crippen LogP contribution < -0.4 is 0 Å². The fourth-order valence-electron chi connectivity index (χ4n) is 0.334. The zero-order valence-electron chi connectivity index (χ0n) is 3.64. The molecule has 1 heterocycles. The van der Waals surface area contributed by atoms with Crippen molar-refractivity contribution in [2.75, 3.05) is 6.73 Å². The molecule has 0 fully saturated rings. The predicted octanol–water partition coefficient (Wildman–Crippen LogP) is 0.597. The quantitative estimate of drug-likeness (QED) is 0.421. The average molecular weight is 84.1 g/mol. The first kappa shape index (κ1) is 3.81. The Morgan fingerprint density at radius 3 is 3.00 bits per heavy atom. The Bertz CT molecular complexity index is 77.6. The number of rotatable bonds is 0. The zero-order valence-corrected chi connectivity index (χ0v) is 3.64. The van der Waals surface area contributed by atoms with Gasteiger partial charge in [0.15, 0.2) is 0 Å². The second kappa shape index (κ2) is 1.39.